The fourth-order valence-electron chi connectivity index (χ4n) is 1.97. The van der Waals surface area contributed by atoms with Gasteiger partial charge < -0.3 is 5.32 Å². The number of carbonyl (C=O) groups is 1. The Labute approximate surface area is 122 Å². The molecule has 0 saturated carbocycles. The topological polar surface area (TPSA) is 54.9 Å². The Morgan fingerprint density at radius 1 is 0.905 bits per heavy atom. The molecule has 0 unspecified atom stereocenters. The van der Waals surface area contributed by atoms with Crippen molar-refractivity contribution in [3.05, 3.63) is 78.8 Å². The third-order valence-corrected chi connectivity index (χ3v) is 3.03. The lowest BCUT2D eigenvalue weighted by molar-refractivity contribution is 0.102. The Morgan fingerprint density at radius 3 is 2.43 bits per heavy atom. The molecule has 0 spiro atoms. The van der Waals surface area contributed by atoms with Crippen LogP contribution in [0.2, 0.25) is 0 Å². The summed E-state index contributed by atoms with van der Waals surface area (Å²) in [6.07, 6.45) is 5.02. The molecule has 1 amide bonds. The first-order valence-electron chi connectivity index (χ1n) is 6.56. The van der Waals surface area contributed by atoms with Gasteiger partial charge in [0.15, 0.2) is 0 Å². The minimum Gasteiger partial charge on any atom is -0.321 e. The SMILES string of the molecule is O=C(Nc1cccnc1)c1ccc(-c2ccccn2)cc1. The molecule has 1 aromatic carbocycles. The van der Waals surface area contributed by atoms with Crippen molar-refractivity contribution in [2.45, 2.75) is 0 Å². The summed E-state index contributed by atoms with van der Waals surface area (Å²) in [5.41, 5.74) is 3.14. The van der Waals surface area contributed by atoms with E-state index in [1.54, 1.807) is 42.9 Å². The van der Waals surface area contributed by atoms with Gasteiger partial charge in [0.25, 0.3) is 5.91 Å². The van der Waals surface area contributed by atoms with Gasteiger partial charge in [-0.1, -0.05) is 18.2 Å². The Balaban J connectivity index is 1.77. The Kier molecular flexibility index (Phi) is 3.69. The molecule has 0 radical (unpaired) electrons. The Hall–Kier alpha value is -3.01. The first kappa shape index (κ1) is 13.0. The van der Waals surface area contributed by atoms with Crippen LogP contribution in [0.5, 0.6) is 0 Å². The van der Waals surface area contributed by atoms with E-state index >= 15 is 0 Å². The zero-order chi connectivity index (χ0) is 14.5. The summed E-state index contributed by atoms with van der Waals surface area (Å²) < 4.78 is 0. The molecule has 3 rings (SSSR count). The predicted octanol–water partition coefficient (Wildman–Crippen LogP) is 3.40. The monoisotopic (exact) mass is 275 g/mol. The van der Waals surface area contributed by atoms with Gasteiger partial charge in [0, 0.05) is 23.5 Å². The second kappa shape index (κ2) is 5.96. The van der Waals surface area contributed by atoms with Crippen LogP contribution in [0.3, 0.4) is 0 Å². The molecular weight excluding hydrogens is 262 g/mol. The zero-order valence-corrected chi connectivity index (χ0v) is 11.2. The lowest BCUT2D eigenvalue weighted by Gasteiger charge is -2.05. The van der Waals surface area contributed by atoms with E-state index in [2.05, 4.69) is 15.3 Å². The number of carbonyl (C=O) groups excluding carboxylic acids is 1. The summed E-state index contributed by atoms with van der Waals surface area (Å²) in [5, 5.41) is 2.80. The van der Waals surface area contributed by atoms with Gasteiger partial charge in [-0.3, -0.25) is 14.8 Å². The lowest BCUT2D eigenvalue weighted by Crippen LogP contribution is -2.11. The number of hydrogen-bond donors (Lipinski definition) is 1. The molecule has 3 aromatic rings. The van der Waals surface area contributed by atoms with E-state index in [1.807, 2.05) is 30.3 Å². The number of rotatable bonds is 3. The third-order valence-electron chi connectivity index (χ3n) is 3.03. The molecule has 0 bridgehead atoms. The molecule has 1 N–H and O–H groups in total. The number of nitrogens with one attached hydrogen (secondary N) is 1. The van der Waals surface area contributed by atoms with Crippen LogP contribution in [-0.4, -0.2) is 15.9 Å². The summed E-state index contributed by atoms with van der Waals surface area (Å²) in [4.78, 5) is 20.4. The summed E-state index contributed by atoms with van der Waals surface area (Å²) in [6, 6.07) is 16.7. The van der Waals surface area contributed by atoms with Gasteiger partial charge in [0.2, 0.25) is 0 Å². The standard InChI is InChI=1S/C17H13N3O/c21-17(20-15-4-3-10-18-12-15)14-8-6-13(7-9-14)16-5-1-2-11-19-16/h1-12H,(H,20,21). The number of pyridine rings is 2. The first-order valence-corrected chi connectivity index (χ1v) is 6.56. The average Bonchev–Trinajstić information content (AvgIpc) is 2.57. The van der Waals surface area contributed by atoms with Crippen LogP contribution in [0.1, 0.15) is 10.4 Å². The van der Waals surface area contributed by atoms with E-state index in [-0.39, 0.29) is 5.91 Å². The lowest BCUT2D eigenvalue weighted by atomic mass is 10.1. The molecule has 21 heavy (non-hydrogen) atoms. The highest BCUT2D eigenvalue weighted by atomic mass is 16.1. The summed E-state index contributed by atoms with van der Waals surface area (Å²) in [7, 11) is 0. The zero-order valence-electron chi connectivity index (χ0n) is 11.2. The van der Waals surface area contributed by atoms with Crippen molar-refractivity contribution in [2.24, 2.45) is 0 Å². The second-order valence-electron chi connectivity index (χ2n) is 4.49. The number of anilines is 1. The normalized spacial score (nSPS) is 10.1. The summed E-state index contributed by atoms with van der Waals surface area (Å²) in [6.45, 7) is 0. The summed E-state index contributed by atoms with van der Waals surface area (Å²) >= 11 is 0. The first-order chi connectivity index (χ1) is 10.3. The van der Waals surface area contributed by atoms with Crippen LogP contribution < -0.4 is 5.32 Å². The Bertz CT molecular complexity index is 725. The van der Waals surface area contributed by atoms with Gasteiger partial charge in [0.05, 0.1) is 17.6 Å². The van der Waals surface area contributed by atoms with Gasteiger partial charge in [-0.05, 0) is 36.4 Å². The molecule has 2 aromatic heterocycles. The highest BCUT2D eigenvalue weighted by Gasteiger charge is 2.06. The number of amides is 1. The number of benzene rings is 1. The van der Waals surface area contributed by atoms with Gasteiger partial charge in [0.1, 0.15) is 0 Å². The molecule has 0 atom stereocenters. The van der Waals surface area contributed by atoms with Crippen LogP contribution in [-0.2, 0) is 0 Å². The molecular formula is C17H13N3O. The van der Waals surface area contributed by atoms with Gasteiger partial charge in [-0.25, -0.2) is 0 Å². The van der Waals surface area contributed by atoms with E-state index in [1.165, 1.54) is 0 Å². The minimum atomic E-state index is -0.157. The molecule has 102 valence electrons. The molecule has 0 saturated heterocycles. The second-order valence-corrected chi connectivity index (χ2v) is 4.49. The summed E-state index contributed by atoms with van der Waals surface area (Å²) in [5.74, 6) is -0.157. The predicted molar refractivity (Wildman–Crippen MR) is 81.9 cm³/mol. The highest BCUT2D eigenvalue weighted by Crippen LogP contribution is 2.17. The minimum absolute atomic E-state index is 0.157. The van der Waals surface area contributed by atoms with Crippen LogP contribution in [0.15, 0.2) is 73.2 Å². The van der Waals surface area contributed by atoms with E-state index < -0.39 is 0 Å². The largest absolute Gasteiger partial charge is 0.321 e. The van der Waals surface area contributed by atoms with Crippen molar-refractivity contribution in [2.75, 3.05) is 5.32 Å². The van der Waals surface area contributed by atoms with Gasteiger partial charge >= 0.3 is 0 Å². The van der Waals surface area contributed by atoms with Crippen molar-refractivity contribution in [3.8, 4) is 11.3 Å². The maximum absolute atomic E-state index is 12.1. The molecule has 0 aliphatic rings. The molecule has 4 nitrogen and oxygen atoms in total. The van der Waals surface area contributed by atoms with E-state index in [0.717, 1.165) is 11.3 Å². The quantitative estimate of drug-likeness (QED) is 0.797. The fourth-order valence-corrected chi connectivity index (χ4v) is 1.97. The van der Waals surface area contributed by atoms with Crippen molar-refractivity contribution in [1.29, 1.82) is 0 Å². The molecule has 0 aliphatic carbocycles. The number of nitrogens with zero attached hydrogens (tertiary/aromatic N) is 2. The average molecular weight is 275 g/mol. The maximum atomic E-state index is 12.1. The molecule has 0 fully saturated rings. The van der Waals surface area contributed by atoms with Crippen molar-refractivity contribution in [1.82, 2.24) is 9.97 Å². The maximum Gasteiger partial charge on any atom is 0.255 e. The van der Waals surface area contributed by atoms with E-state index in [4.69, 9.17) is 0 Å². The Morgan fingerprint density at radius 2 is 1.76 bits per heavy atom. The van der Waals surface area contributed by atoms with Crippen LogP contribution in [0.4, 0.5) is 5.69 Å². The van der Waals surface area contributed by atoms with Crippen molar-refractivity contribution in [3.63, 3.8) is 0 Å². The van der Waals surface area contributed by atoms with Gasteiger partial charge in [-0.15, -0.1) is 0 Å². The van der Waals surface area contributed by atoms with E-state index in [0.29, 0.717) is 11.3 Å². The van der Waals surface area contributed by atoms with Crippen LogP contribution in [0.25, 0.3) is 11.3 Å². The van der Waals surface area contributed by atoms with Gasteiger partial charge in [-0.2, -0.15) is 0 Å². The van der Waals surface area contributed by atoms with Crippen LogP contribution in [0, 0.1) is 0 Å². The molecule has 2 heterocycles. The van der Waals surface area contributed by atoms with E-state index in [9.17, 15) is 4.79 Å². The molecule has 0 aliphatic heterocycles. The highest BCUT2D eigenvalue weighted by molar-refractivity contribution is 6.04. The van der Waals surface area contributed by atoms with Crippen molar-refractivity contribution < 1.29 is 4.79 Å². The number of aromatic nitrogens is 2. The third kappa shape index (κ3) is 3.12. The van der Waals surface area contributed by atoms with Crippen LogP contribution >= 0.6 is 0 Å². The molecule has 4 heteroatoms. The number of hydrogen-bond acceptors (Lipinski definition) is 3. The smallest absolute Gasteiger partial charge is 0.255 e. The van der Waals surface area contributed by atoms with Crippen molar-refractivity contribution >= 4 is 11.6 Å². The fraction of sp³-hybridized carbons (Fsp3) is 0.